The van der Waals surface area contributed by atoms with E-state index >= 15 is 0 Å². The average Bonchev–Trinajstić information content (AvgIpc) is 2.75. The molecule has 122 valence electrons. The van der Waals surface area contributed by atoms with Crippen LogP contribution < -0.4 is 5.32 Å². The summed E-state index contributed by atoms with van der Waals surface area (Å²) in [5.41, 5.74) is 0.168. The Kier molecular flexibility index (Phi) is 4.70. The average molecular weight is 426 g/mol. The molecule has 6 heteroatoms. The fraction of sp³-hybridized carbons (Fsp3) is 0.471. The molecule has 23 heavy (non-hydrogen) atoms. The van der Waals surface area contributed by atoms with Crippen LogP contribution >= 0.6 is 22.6 Å². The summed E-state index contributed by atoms with van der Waals surface area (Å²) < 4.78 is 0.918. The number of anilines is 1. The van der Waals surface area contributed by atoms with E-state index in [2.05, 4.69) is 27.9 Å². The number of benzene rings is 1. The SMILES string of the molecule is O=C(CN1C(=O)CC2(CCCCC2)C1=O)Nc1ccccc1I. The van der Waals surface area contributed by atoms with Gasteiger partial charge >= 0.3 is 0 Å². The van der Waals surface area contributed by atoms with E-state index in [1.165, 1.54) is 0 Å². The second kappa shape index (κ2) is 6.59. The maximum Gasteiger partial charge on any atom is 0.244 e. The standard InChI is InChI=1S/C17H19IN2O3/c18-12-6-2-3-7-13(12)19-14(21)11-20-15(22)10-17(16(20)23)8-4-1-5-9-17/h2-3,6-7H,1,4-5,8-11H2,(H,19,21). The highest BCUT2D eigenvalue weighted by Crippen LogP contribution is 2.45. The molecule has 1 aromatic rings. The van der Waals surface area contributed by atoms with Gasteiger partial charge in [0.25, 0.3) is 0 Å². The molecular formula is C17H19IN2O3. The molecule has 2 fully saturated rings. The summed E-state index contributed by atoms with van der Waals surface area (Å²) in [5.74, 6) is -0.696. The zero-order chi connectivity index (χ0) is 16.4. The lowest BCUT2D eigenvalue weighted by Crippen LogP contribution is -2.41. The quantitative estimate of drug-likeness (QED) is 0.597. The van der Waals surface area contributed by atoms with Crippen LogP contribution in [0, 0.1) is 8.99 Å². The summed E-state index contributed by atoms with van der Waals surface area (Å²) in [6.45, 7) is -0.190. The van der Waals surface area contributed by atoms with E-state index in [0.717, 1.165) is 40.6 Å². The molecule has 2 aliphatic rings. The Morgan fingerprint density at radius 3 is 2.57 bits per heavy atom. The zero-order valence-electron chi connectivity index (χ0n) is 12.8. The van der Waals surface area contributed by atoms with Crippen molar-refractivity contribution in [2.24, 2.45) is 5.41 Å². The van der Waals surface area contributed by atoms with Crippen molar-refractivity contribution in [2.75, 3.05) is 11.9 Å². The normalized spacial score (nSPS) is 20.1. The number of amides is 3. The Hall–Kier alpha value is -1.44. The highest BCUT2D eigenvalue weighted by molar-refractivity contribution is 14.1. The lowest BCUT2D eigenvalue weighted by atomic mass is 9.73. The molecular weight excluding hydrogens is 407 g/mol. The highest BCUT2D eigenvalue weighted by atomic mass is 127. The van der Waals surface area contributed by atoms with E-state index in [1.54, 1.807) is 6.07 Å². The molecule has 5 nitrogen and oxygen atoms in total. The molecule has 0 atom stereocenters. The van der Waals surface area contributed by atoms with Gasteiger partial charge in [0, 0.05) is 9.99 Å². The van der Waals surface area contributed by atoms with Crippen molar-refractivity contribution in [3.63, 3.8) is 0 Å². The number of rotatable bonds is 3. The van der Waals surface area contributed by atoms with Gasteiger partial charge in [-0.25, -0.2) is 0 Å². The van der Waals surface area contributed by atoms with E-state index in [0.29, 0.717) is 5.69 Å². The number of nitrogens with zero attached hydrogens (tertiary/aromatic N) is 1. The third-order valence-electron chi connectivity index (χ3n) is 4.75. The number of nitrogens with one attached hydrogen (secondary N) is 1. The van der Waals surface area contributed by atoms with Gasteiger partial charge in [0.15, 0.2) is 0 Å². The Morgan fingerprint density at radius 1 is 1.17 bits per heavy atom. The van der Waals surface area contributed by atoms with E-state index in [1.807, 2.05) is 18.2 Å². The first kappa shape index (κ1) is 16.4. The summed E-state index contributed by atoms with van der Waals surface area (Å²) in [7, 11) is 0. The van der Waals surface area contributed by atoms with Gasteiger partial charge in [-0.2, -0.15) is 0 Å². The topological polar surface area (TPSA) is 66.5 Å². The van der Waals surface area contributed by atoms with Crippen LogP contribution in [0.4, 0.5) is 5.69 Å². The molecule has 1 aliphatic carbocycles. The van der Waals surface area contributed by atoms with Crippen LogP contribution in [0.3, 0.4) is 0 Å². The van der Waals surface area contributed by atoms with Crippen molar-refractivity contribution in [2.45, 2.75) is 38.5 Å². The first-order valence-electron chi connectivity index (χ1n) is 7.91. The van der Waals surface area contributed by atoms with Gasteiger partial charge in [-0.05, 0) is 47.6 Å². The van der Waals surface area contributed by atoms with Crippen LogP contribution in [0.25, 0.3) is 0 Å². The Balaban J connectivity index is 1.68. The van der Waals surface area contributed by atoms with Crippen molar-refractivity contribution >= 4 is 46.0 Å². The third kappa shape index (κ3) is 3.27. The highest BCUT2D eigenvalue weighted by Gasteiger charge is 2.51. The molecule has 1 N–H and O–H groups in total. The number of para-hydroxylation sites is 1. The first-order valence-corrected chi connectivity index (χ1v) is 8.99. The maximum atomic E-state index is 12.7. The molecule has 1 saturated carbocycles. The van der Waals surface area contributed by atoms with Gasteiger partial charge in [-0.3, -0.25) is 19.3 Å². The number of hydrogen-bond acceptors (Lipinski definition) is 3. The van der Waals surface area contributed by atoms with Crippen LogP contribution in [-0.4, -0.2) is 29.2 Å². The fourth-order valence-corrected chi connectivity index (χ4v) is 4.06. The number of halogens is 1. The van der Waals surface area contributed by atoms with Crippen LogP contribution in [0.2, 0.25) is 0 Å². The molecule has 3 amide bonds. The molecule has 3 rings (SSSR count). The van der Waals surface area contributed by atoms with Gasteiger partial charge in [0.05, 0.1) is 11.1 Å². The predicted octanol–water partition coefficient (Wildman–Crippen LogP) is 2.94. The summed E-state index contributed by atoms with van der Waals surface area (Å²) in [5, 5.41) is 2.78. The number of imide groups is 1. The van der Waals surface area contributed by atoms with Crippen molar-refractivity contribution in [1.29, 1.82) is 0 Å². The van der Waals surface area contributed by atoms with Gasteiger partial charge in [0.2, 0.25) is 17.7 Å². The molecule has 1 aromatic carbocycles. The van der Waals surface area contributed by atoms with Crippen LogP contribution in [0.1, 0.15) is 38.5 Å². The van der Waals surface area contributed by atoms with Crippen molar-refractivity contribution in [3.05, 3.63) is 27.8 Å². The molecule has 0 radical (unpaired) electrons. The smallest absolute Gasteiger partial charge is 0.244 e. The maximum absolute atomic E-state index is 12.7. The minimum Gasteiger partial charge on any atom is -0.324 e. The number of carbonyl (C=O) groups is 3. The van der Waals surface area contributed by atoms with Gasteiger partial charge in [-0.1, -0.05) is 31.4 Å². The summed E-state index contributed by atoms with van der Waals surface area (Å²) in [4.78, 5) is 38.3. The van der Waals surface area contributed by atoms with Crippen LogP contribution in [0.15, 0.2) is 24.3 Å². The van der Waals surface area contributed by atoms with E-state index in [-0.39, 0.29) is 30.7 Å². The van der Waals surface area contributed by atoms with Crippen molar-refractivity contribution < 1.29 is 14.4 Å². The fourth-order valence-electron chi connectivity index (χ4n) is 3.54. The molecule has 0 unspecified atom stereocenters. The second-order valence-electron chi connectivity index (χ2n) is 6.33. The van der Waals surface area contributed by atoms with Crippen LogP contribution in [-0.2, 0) is 14.4 Å². The first-order chi connectivity index (χ1) is 11.0. The lowest BCUT2D eigenvalue weighted by Gasteiger charge is -2.30. The number of carbonyl (C=O) groups excluding carboxylic acids is 3. The minimum absolute atomic E-state index is 0.153. The Labute approximate surface area is 148 Å². The molecule has 1 saturated heterocycles. The van der Waals surface area contributed by atoms with Gasteiger partial charge < -0.3 is 5.32 Å². The molecule has 1 heterocycles. The molecule has 0 bridgehead atoms. The molecule has 1 aliphatic heterocycles. The van der Waals surface area contributed by atoms with Crippen LogP contribution in [0.5, 0.6) is 0 Å². The largest absolute Gasteiger partial charge is 0.324 e. The van der Waals surface area contributed by atoms with Crippen molar-refractivity contribution in [1.82, 2.24) is 4.90 Å². The van der Waals surface area contributed by atoms with Gasteiger partial charge in [-0.15, -0.1) is 0 Å². The van der Waals surface area contributed by atoms with E-state index in [4.69, 9.17) is 0 Å². The summed E-state index contributed by atoms with van der Waals surface area (Å²) >= 11 is 2.13. The summed E-state index contributed by atoms with van der Waals surface area (Å²) in [6, 6.07) is 7.41. The van der Waals surface area contributed by atoms with Gasteiger partial charge in [0.1, 0.15) is 6.54 Å². The number of hydrogen-bond donors (Lipinski definition) is 1. The second-order valence-corrected chi connectivity index (χ2v) is 7.49. The third-order valence-corrected chi connectivity index (χ3v) is 5.69. The summed E-state index contributed by atoms with van der Waals surface area (Å²) in [6.07, 6.45) is 4.90. The molecule has 1 spiro atoms. The lowest BCUT2D eigenvalue weighted by molar-refractivity contribution is -0.144. The number of likely N-dealkylation sites (tertiary alicyclic amines) is 1. The monoisotopic (exact) mass is 426 g/mol. The van der Waals surface area contributed by atoms with E-state index < -0.39 is 5.41 Å². The Morgan fingerprint density at radius 2 is 1.87 bits per heavy atom. The minimum atomic E-state index is -0.531. The van der Waals surface area contributed by atoms with E-state index in [9.17, 15) is 14.4 Å². The molecule has 0 aromatic heterocycles. The van der Waals surface area contributed by atoms with Crippen molar-refractivity contribution in [3.8, 4) is 0 Å². The predicted molar refractivity (Wildman–Crippen MR) is 94.6 cm³/mol. The zero-order valence-corrected chi connectivity index (χ0v) is 15.0. The Bertz CT molecular complexity index is 653.